The van der Waals surface area contributed by atoms with Crippen molar-refractivity contribution in [3.8, 4) is 5.75 Å². The fourth-order valence-corrected chi connectivity index (χ4v) is 4.12. The normalized spacial score (nSPS) is 29.6. The first-order valence-corrected chi connectivity index (χ1v) is 8.17. The molecule has 0 amide bonds. The zero-order valence-electron chi connectivity index (χ0n) is 12.4. The van der Waals surface area contributed by atoms with E-state index in [0.29, 0.717) is 0 Å². The van der Waals surface area contributed by atoms with Crippen LogP contribution in [0.3, 0.4) is 0 Å². The molecule has 1 aromatic rings. The molecule has 20 heavy (non-hydrogen) atoms. The van der Waals surface area contributed by atoms with Crippen molar-refractivity contribution < 1.29 is 9.84 Å². The van der Waals surface area contributed by atoms with E-state index in [-0.39, 0.29) is 6.10 Å². The summed E-state index contributed by atoms with van der Waals surface area (Å²) in [5.74, 6) is 3.46. The zero-order valence-corrected chi connectivity index (χ0v) is 12.4. The maximum atomic E-state index is 10.5. The molecule has 2 bridgehead atoms. The highest BCUT2D eigenvalue weighted by Gasteiger charge is 2.40. The monoisotopic (exact) mass is 274 g/mol. The van der Waals surface area contributed by atoms with Gasteiger partial charge in [0.25, 0.3) is 0 Å². The molecular weight excluding hydrogens is 248 g/mol. The topological polar surface area (TPSA) is 29.5 Å². The number of aliphatic hydroxyl groups is 1. The highest BCUT2D eigenvalue weighted by Crippen LogP contribution is 2.50. The number of hydrogen-bond donors (Lipinski definition) is 1. The Morgan fingerprint density at radius 3 is 2.90 bits per heavy atom. The quantitative estimate of drug-likeness (QED) is 0.836. The van der Waals surface area contributed by atoms with Gasteiger partial charge in [-0.15, -0.1) is 0 Å². The summed E-state index contributed by atoms with van der Waals surface area (Å²) in [4.78, 5) is 0. The summed E-state index contributed by atoms with van der Waals surface area (Å²) in [6, 6.07) is 8.00. The average Bonchev–Trinajstić information content (AvgIpc) is 3.08. The van der Waals surface area contributed by atoms with Gasteiger partial charge in [-0.2, -0.15) is 0 Å². The van der Waals surface area contributed by atoms with Crippen LogP contribution in [0, 0.1) is 17.8 Å². The van der Waals surface area contributed by atoms with Gasteiger partial charge in [0.05, 0.1) is 12.7 Å². The van der Waals surface area contributed by atoms with Gasteiger partial charge in [-0.3, -0.25) is 0 Å². The summed E-state index contributed by atoms with van der Waals surface area (Å²) in [6.45, 7) is 2.85. The third-order valence-corrected chi connectivity index (χ3v) is 5.13. The molecule has 0 aliphatic heterocycles. The fourth-order valence-electron chi connectivity index (χ4n) is 4.12. The van der Waals surface area contributed by atoms with Crippen LogP contribution in [-0.2, 0) is 0 Å². The molecule has 110 valence electrons. The summed E-state index contributed by atoms with van der Waals surface area (Å²) in [6.07, 6.45) is 7.19. The predicted octanol–water partition coefficient (Wildman–Crippen LogP) is 4.34. The molecule has 0 radical (unpaired) electrons. The molecule has 2 fully saturated rings. The molecule has 4 unspecified atom stereocenters. The minimum Gasteiger partial charge on any atom is -0.494 e. The lowest BCUT2D eigenvalue weighted by molar-refractivity contribution is 0.125. The minimum atomic E-state index is -0.329. The van der Waals surface area contributed by atoms with E-state index in [1.54, 1.807) is 0 Å². The molecule has 3 rings (SSSR count). The second-order valence-electron chi connectivity index (χ2n) is 6.61. The third-order valence-electron chi connectivity index (χ3n) is 5.13. The van der Waals surface area contributed by atoms with E-state index < -0.39 is 0 Å². The number of benzene rings is 1. The first-order chi connectivity index (χ1) is 9.76. The van der Waals surface area contributed by atoms with Gasteiger partial charge in [0.1, 0.15) is 5.75 Å². The number of aliphatic hydroxyl groups excluding tert-OH is 1. The van der Waals surface area contributed by atoms with Gasteiger partial charge in [0, 0.05) is 0 Å². The summed E-state index contributed by atoms with van der Waals surface area (Å²) >= 11 is 0. The molecule has 2 heteroatoms. The first kappa shape index (κ1) is 13.9. The van der Waals surface area contributed by atoms with Crippen molar-refractivity contribution in [2.24, 2.45) is 17.8 Å². The molecule has 2 aliphatic rings. The lowest BCUT2D eigenvalue weighted by Crippen LogP contribution is -2.14. The van der Waals surface area contributed by atoms with E-state index in [1.807, 2.05) is 24.3 Å². The highest BCUT2D eigenvalue weighted by molar-refractivity contribution is 5.30. The van der Waals surface area contributed by atoms with Gasteiger partial charge in [-0.05, 0) is 67.6 Å². The van der Waals surface area contributed by atoms with E-state index in [0.717, 1.165) is 48.5 Å². The zero-order chi connectivity index (χ0) is 13.9. The van der Waals surface area contributed by atoms with E-state index in [9.17, 15) is 5.11 Å². The number of hydrogen-bond acceptors (Lipinski definition) is 2. The maximum Gasteiger partial charge on any atom is 0.119 e. The minimum absolute atomic E-state index is 0.329. The largest absolute Gasteiger partial charge is 0.494 e. The number of ether oxygens (including phenoxy) is 1. The summed E-state index contributed by atoms with van der Waals surface area (Å²) < 4.78 is 5.65. The van der Waals surface area contributed by atoms with Gasteiger partial charge in [0.15, 0.2) is 0 Å². The van der Waals surface area contributed by atoms with Crippen LogP contribution in [0.25, 0.3) is 0 Å². The summed E-state index contributed by atoms with van der Waals surface area (Å²) in [7, 11) is 0. The Balaban J connectivity index is 1.60. The van der Waals surface area contributed by atoms with E-state index in [2.05, 4.69) is 6.92 Å². The Kier molecular flexibility index (Phi) is 4.30. The molecule has 0 spiro atoms. The van der Waals surface area contributed by atoms with Gasteiger partial charge in [-0.1, -0.05) is 25.5 Å². The van der Waals surface area contributed by atoms with E-state index >= 15 is 0 Å². The fraction of sp³-hybridized carbons (Fsp3) is 0.667. The maximum absolute atomic E-state index is 10.5. The summed E-state index contributed by atoms with van der Waals surface area (Å²) in [5.41, 5.74) is 1.02. The predicted molar refractivity (Wildman–Crippen MR) is 80.7 cm³/mol. The van der Waals surface area contributed by atoms with Crippen LogP contribution in [0.2, 0.25) is 0 Å². The van der Waals surface area contributed by atoms with Crippen LogP contribution in [0.4, 0.5) is 0 Å². The molecule has 2 aliphatic carbocycles. The number of rotatable bonds is 6. The lowest BCUT2D eigenvalue weighted by atomic mass is 9.83. The van der Waals surface area contributed by atoms with Crippen LogP contribution in [-0.4, -0.2) is 11.7 Å². The molecule has 0 saturated heterocycles. The van der Waals surface area contributed by atoms with Crippen LogP contribution in [0.15, 0.2) is 24.3 Å². The van der Waals surface area contributed by atoms with Crippen molar-refractivity contribution >= 4 is 0 Å². The Morgan fingerprint density at radius 2 is 2.20 bits per heavy atom. The van der Waals surface area contributed by atoms with Gasteiger partial charge in [0.2, 0.25) is 0 Å². The van der Waals surface area contributed by atoms with E-state index in [4.69, 9.17) is 4.74 Å². The second-order valence-corrected chi connectivity index (χ2v) is 6.61. The van der Waals surface area contributed by atoms with Crippen LogP contribution >= 0.6 is 0 Å². The van der Waals surface area contributed by atoms with Crippen LogP contribution < -0.4 is 4.74 Å². The Labute approximate surface area is 122 Å². The highest BCUT2D eigenvalue weighted by atomic mass is 16.5. The van der Waals surface area contributed by atoms with Crippen molar-refractivity contribution in [1.82, 2.24) is 0 Å². The second kappa shape index (κ2) is 6.17. The van der Waals surface area contributed by atoms with E-state index in [1.165, 1.54) is 25.7 Å². The van der Waals surface area contributed by atoms with Gasteiger partial charge >= 0.3 is 0 Å². The molecule has 4 atom stereocenters. The van der Waals surface area contributed by atoms with Crippen molar-refractivity contribution in [3.63, 3.8) is 0 Å². The molecule has 2 nitrogen and oxygen atoms in total. The molecule has 0 heterocycles. The van der Waals surface area contributed by atoms with Gasteiger partial charge in [-0.25, -0.2) is 0 Å². The third kappa shape index (κ3) is 3.01. The van der Waals surface area contributed by atoms with Gasteiger partial charge < -0.3 is 9.84 Å². The van der Waals surface area contributed by atoms with Crippen LogP contribution in [0.1, 0.15) is 57.1 Å². The Morgan fingerprint density at radius 1 is 1.30 bits per heavy atom. The average molecular weight is 274 g/mol. The molecule has 1 N–H and O–H groups in total. The standard InChI is InChI=1S/C18H26O2/c1-2-8-20-17-5-3-4-15(11-17)18(19)12-16-10-13-6-7-14(16)9-13/h3-5,11,13-14,16,18-19H,2,6-10,12H2,1H3. The smallest absolute Gasteiger partial charge is 0.119 e. The Bertz CT molecular complexity index is 443. The molecule has 0 aromatic heterocycles. The first-order valence-electron chi connectivity index (χ1n) is 8.17. The molecule has 2 saturated carbocycles. The SMILES string of the molecule is CCCOc1cccc(C(O)CC2CC3CCC2C3)c1. The lowest BCUT2D eigenvalue weighted by Gasteiger charge is -2.24. The molecular formula is C18H26O2. The van der Waals surface area contributed by atoms with Crippen molar-refractivity contribution in [1.29, 1.82) is 0 Å². The molecule has 1 aromatic carbocycles. The van der Waals surface area contributed by atoms with Crippen molar-refractivity contribution in [2.75, 3.05) is 6.61 Å². The summed E-state index contributed by atoms with van der Waals surface area (Å²) in [5, 5.41) is 10.5. The van der Waals surface area contributed by atoms with Crippen LogP contribution in [0.5, 0.6) is 5.75 Å². The number of fused-ring (bicyclic) bond motifs is 2. The van der Waals surface area contributed by atoms with Crippen molar-refractivity contribution in [3.05, 3.63) is 29.8 Å². The van der Waals surface area contributed by atoms with Crippen molar-refractivity contribution in [2.45, 2.75) is 51.6 Å². The Hall–Kier alpha value is -1.02.